The molecule has 140 valence electrons. The Bertz CT molecular complexity index is 1210. The first-order valence-electron chi connectivity index (χ1n) is 8.49. The number of nitrogens with one attached hydrogen (secondary N) is 1. The van der Waals surface area contributed by atoms with Gasteiger partial charge < -0.3 is 4.98 Å². The number of fused-ring (bicyclic) bond motifs is 1. The number of rotatable bonds is 3. The number of hydrogen-bond donors (Lipinski definition) is 1. The lowest BCUT2D eigenvalue weighted by Crippen LogP contribution is -2.12. The molecule has 0 aliphatic carbocycles. The van der Waals surface area contributed by atoms with Gasteiger partial charge in [-0.15, -0.1) is 20.0 Å². The third-order valence-electron chi connectivity index (χ3n) is 3.93. The molecular formula is C17H17N11. The van der Waals surface area contributed by atoms with Gasteiger partial charge in [0.1, 0.15) is 5.82 Å². The molecule has 0 aliphatic rings. The third kappa shape index (κ3) is 2.90. The summed E-state index contributed by atoms with van der Waals surface area (Å²) in [6.07, 6.45) is 4.60. The van der Waals surface area contributed by atoms with Gasteiger partial charge in [0.2, 0.25) is 0 Å². The van der Waals surface area contributed by atoms with Crippen LogP contribution < -0.4 is 0 Å². The normalized spacial score (nSPS) is 12.1. The Balaban J connectivity index is 1.87. The highest BCUT2D eigenvalue weighted by Gasteiger charge is 2.26. The van der Waals surface area contributed by atoms with Gasteiger partial charge in [0.25, 0.3) is 11.6 Å². The predicted octanol–water partition coefficient (Wildman–Crippen LogP) is 3.61. The Morgan fingerprint density at radius 2 is 1.89 bits per heavy atom. The van der Waals surface area contributed by atoms with Gasteiger partial charge >= 0.3 is 0 Å². The quantitative estimate of drug-likeness (QED) is 0.433. The van der Waals surface area contributed by atoms with Crippen molar-refractivity contribution in [1.29, 1.82) is 0 Å². The van der Waals surface area contributed by atoms with Gasteiger partial charge in [-0.3, -0.25) is 0 Å². The van der Waals surface area contributed by atoms with Crippen molar-refractivity contribution in [3.05, 3.63) is 47.6 Å². The van der Waals surface area contributed by atoms with E-state index in [1.165, 1.54) is 15.5 Å². The maximum atomic E-state index is 7.39. The van der Waals surface area contributed by atoms with Crippen LogP contribution in [0.3, 0.4) is 0 Å². The zero-order valence-corrected chi connectivity index (χ0v) is 15.8. The summed E-state index contributed by atoms with van der Waals surface area (Å²) in [4.78, 5) is 15.0. The highest BCUT2D eigenvalue weighted by Crippen LogP contribution is 2.36. The van der Waals surface area contributed by atoms with Crippen LogP contribution in [0.15, 0.2) is 34.9 Å². The summed E-state index contributed by atoms with van der Waals surface area (Å²) < 4.78 is 2.89. The molecule has 11 nitrogen and oxygen atoms in total. The molecule has 0 saturated heterocycles. The Morgan fingerprint density at radius 1 is 1.14 bits per heavy atom. The van der Waals surface area contributed by atoms with E-state index in [0.717, 1.165) is 5.69 Å². The third-order valence-corrected chi connectivity index (χ3v) is 3.93. The summed E-state index contributed by atoms with van der Waals surface area (Å²) in [6, 6.07) is 1.70. The highest BCUT2D eigenvalue weighted by atomic mass is 15.5. The second kappa shape index (κ2) is 6.34. The van der Waals surface area contributed by atoms with E-state index in [-0.39, 0.29) is 16.9 Å². The first kappa shape index (κ1) is 17.5. The van der Waals surface area contributed by atoms with E-state index in [1.54, 1.807) is 18.5 Å². The molecule has 0 amide bonds. The number of aromatic amines is 1. The fourth-order valence-electron chi connectivity index (χ4n) is 2.67. The van der Waals surface area contributed by atoms with Crippen molar-refractivity contribution >= 4 is 22.8 Å². The van der Waals surface area contributed by atoms with Crippen molar-refractivity contribution in [2.75, 3.05) is 0 Å². The molecule has 0 saturated carbocycles. The molecule has 4 heterocycles. The van der Waals surface area contributed by atoms with E-state index in [1.807, 2.05) is 27.7 Å². The van der Waals surface area contributed by atoms with Gasteiger partial charge in [0.15, 0.2) is 17.2 Å². The fourth-order valence-corrected chi connectivity index (χ4v) is 2.67. The van der Waals surface area contributed by atoms with E-state index in [4.69, 9.17) is 6.57 Å². The largest absolute Gasteiger partial charge is 0.324 e. The molecule has 4 aromatic rings. The minimum atomic E-state index is -0.276. The van der Waals surface area contributed by atoms with Crippen molar-refractivity contribution < 1.29 is 0 Å². The van der Waals surface area contributed by atoms with Crippen molar-refractivity contribution in [3.8, 4) is 5.95 Å². The smallest absolute Gasteiger partial charge is 0.252 e. The second-order valence-corrected chi connectivity index (χ2v) is 7.12. The van der Waals surface area contributed by atoms with E-state index < -0.39 is 0 Å². The summed E-state index contributed by atoms with van der Waals surface area (Å²) in [5.41, 5.74) is 1.91. The Hall–Kier alpha value is -3.94. The molecule has 0 bridgehead atoms. The molecule has 4 aromatic heterocycles. The Morgan fingerprint density at radius 3 is 2.57 bits per heavy atom. The monoisotopic (exact) mass is 375 g/mol. The average molecular weight is 375 g/mol. The summed E-state index contributed by atoms with van der Waals surface area (Å²) in [6.45, 7) is 15.3. The van der Waals surface area contributed by atoms with Crippen molar-refractivity contribution in [2.24, 2.45) is 10.2 Å². The Kier molecular flexibility index (Phi) is 3.96. The zero-order chi connectivity index (χ0) is 19.9. The lowest BCUT2D eigenvalue weighted by atomic mass is 9.91. The number of hydrogen-bond acceptors (Lipinski definition) is 7. The van der Waals surface area contributed by atoms with Gasteiger partial charge in [0, 0.05) is 17.8 Å². The molecule has 1 N–H and O–H groups in total. The summed E-state index contributed by atoms with van der Waals surface area (Å²) in [5.74, 6) is 1.26. The molecule has 11 heteroatoms. The van der Waals surface area contributed by atoms with Crippen LogP contribution in [0.5, 0.6) is 0 Å². The summed E-state index contributed by atoms with van der Waals surface area (Å²) >= 11 is 0. The Labute approximate surface area is 160 Å². The number of H-pyrrole nitrogens is 1. The number of aromatic nitrogens is 8. The van der Waals surface area contributed by atoms with Gasteiger partial charge in [0.05, 0.1) is 18.5 Å². The van der Waals surface area contributed by atoms with E-state index >= 15 is 0 Å². The van der Waals surface area contributed by atoms with Crippen molar-refractivity contribution in [2.45, 2.75) is 33.1 Å². The first-order chi connectivity index (χ1) is 13.4. The second-order valence-electron chi connectivity index (χ2n) is 7.12. The van der Waals surface area contributed by atoms with Gasteiger partial charge in [-0.05, 0) is 13.0 Å². The molecule has 0 spiro atoms. The number of azo groups is 1. The van der Waals surface area contributed by atoms with Crippen LogP contribution in [-0.2, 0) is 5.41 Å². The van der Waals surface area contributed by atoms with Crippen LogP contribution in [0, 0.1) is 13.5 Å². The molecule has 0 fully saturated rings. The van der Waals surface area contributed by atoms with Crippen LogP contribution in [0.25, 0.3) is 16.4 Å². The maximum Gasteiger partial charge on any atom is 0.252 e. The van der Waals surface area contributed by atoms with Crippen LogP contribution in [-0.4, -0.2) is 39.6 Å². The van der Waals surface area contributed by atoms with E-state index in [9.17, 15) is 0 Å². The maximum absolute atomic E-state index is 7.39. The molecule has 0 unspecified atom stereocenters. The van der Waals surface area contributed by atoms with E-state index in [2.05, 4.69) is 45.3 Å². The molecule has 0 aliphatic heterocycles. The minimum Gasteiger partial charge on any atom is -0.324 e. The molecular weight excluding hydrogens is 358 g/mol. The predicted molar refractivity (Wildman–Crippen MR) is 100 cm³/mol. The van der Waals surface area contributed by atoms with Crippen LogP contribution in [0.4, 0.5) is 17.2 Å². The molecule has 4 rings (SSSR count). The van der Waals surface area contributed by atoms with Crippen LogP contribution >= 0.6 is 0 Å². The zero-order valence-electron chi connectivity index (χ0n) is 15.8. The fraction of sp³-hybridized carbons (Fsp3) is 0.294. The lowest BCUT2D eigenvalue weighted by molar-refractivity contribution is 0.557. The van der Waals surface area contributed by atoms with Crippen molar-refractivity contribution in [3.63, 3.8) is 0 Å². The summed E-state index contributed by atoms with van der Waals surface area (Å²) in [5, 5.41) is 21.8. The SMILES string of the molecule is [C-]#[N+]c1cnn(-c2ncccn2)c1/N=N/c1c(C(C)(C)C)nn2nc(C)[nH]c12. The average Bonchev–Trinajstić information content (AvgIpc) is 3.32. The highest BCUT2D eigenvalue weighted by molar-refractivity contribution is 5.69. The van der Waals surface area contributed by atoms with E-state index in [0.29, 0.717) is 23.1 Å². The number of aryl methyl sites for hydroxylation is 1. The topological polar surface area (TPSA) is 119 Å². The molecule has 28 heavy (non-hydrogen) atoms. The molecule has 0 atom stereocenters. The number of nitrogens with zero attached hydrogens (tertiary/aromatic N) is 10. The van der Waals surface area contributed by atoms with Gasteiger partial charge in [-0.2, -0.15) is 14.9 Å². The van der Waals surface area contributed by atoms with Crippen LogP contribution in [0.1, 0.15) is 32.3 Å². The lowest BCUT2D eigenvalue weighted by Gasteiger charge is -2.15. The summed E-state index contributed by atoms with van der Waals surface area (Å²) in [7, 11) is 0. The molecule has 0 radical (unpaired) electrons. The minimum absolute atomic E-state index is 0.247. The van der Waals surface area contributed by atoms with Gasteiger partial charge in [-0.1, -0.05) is 20.8 Å². The standard InChI is InChI=1S/C17H17N11/c1-10-22-15-12(13(17(2,3)4)26-28(15)25-10)23-24-14-11(18-5)9-21-27(14)16-19-7-6-8-20-16/h6-9H,1-4H3,(H,22,25)/b24-23+. The van der Waals surface area contributed by atoms with Crippen molar-refractivity contribution in [1.82, 2.24) is 39.6 Å². The first-order valence-corrected chi connectivity index (χ1v) is 8.49. The van der Waals surface area contributed by atoms with Crippen LogP contribution in [0.2, 0.25) is 0 Å². The molecule has 0 aromatic carbocycles. The van der Waals surface area contributed by atoms with Gasteiger partial charge in [-0.25, -0.2) is 14.8 Å².